The van der Waals surface area contributed by atoms with Crippen molar-refractivity contribution in [2.24, 2.45) is 5.92 Å². The van der Waals surface area contributed by atoms with E-state index in [1.807, 2.05) is 0 Å². The maximum absolute atomic E-state index is 12.0. The van der Waals surface area contributed by atoms with Gasteiger partial charge in [0.15, 0.2) is 0 Å². The molecule has 3 amide bonds. The van der Waals surface area contributed by atoms with Crippen LogP contribution in [0.3, 0.4) is 0 Å². The van der Waals surface area contributed by atoms with E-state index in [4.69, 9.17) is 5.11 Å². The molecule has 3 N–H and O–H groups in total. The minimum atomic E-state index is -0.870. The Morgan fingerprint density at radius 1 is 1.25 bits per heavy atom. The van der Waals surface area contributed by atoms with Crippen molar-refractivity contribution in [2.45, 2.75) is 31.8 Å². The van der Waals surface area contributed by atoms with E-state index in [1.54, 1.807) is 17.1 Å². The molecule has 0 bridgehead atoms. The third-order valence-corrected chi connectivity index (χ3v) is 3.59. The maximum atomic E-state index is 12.0. The van der Waals surface area contributed by atoms with Crippen LogP contribution in [0.1, 0.15) is 19.8 Å². The summed E-state index contributed by atoms with van der Waals surface area (Å²) in [7, 11) is 0. The molecule has 1 fully saturated rings. The van der Waals surface area contributed by atoms with Gasteiger partial charge in [-0.05, 0) is 12.8 Å². The average Bonchev–Trinajstić information content (AvgIpc) is 2.97. The van der Waals surface area contributed by atoms with Crippen LogP contribution in [0.25, 0.3) is 0 Å². The summed E-state index contributed by atoms with van der Waals surface area (Å²) >= 11 is 0. The molecule has 110 valence electrons. The number of nitrogens with one attached hydrogen (secondary N) is 2. The van der Waals surface area contributed by atoms with Gasteiger partial charge in [0, 0.05) is 26.1 Å². The molecule has 1 saturated heterocycles. The van der Waals surface area contributed by atoms with E-state index in [1.165, 1.54) is 6.92 Å². The minimum Gasteiger partial charge on any atom is -0.481 e. The highest BCUT2D eigenvalue weighted by Crippen LogP contribution is 2.18. The second-order valence-corrected chi connectivity index (χ2v) is 5.25. The van der Waals surface area contributed by atoms with Gasteiger partial charge in [0.05, 0.1) is 12.0 Å². The van der Waals surface area contributed by atoms with Crippen molar-refractivity contribution in [3.05, 3.63) is 12.2 Å². The Morgan fingerprint density at radius 2 is 2.00 bits per heavy atom. The summed E-state index contributed by atoms with van der Waals surface area (Å²) in [5.74, 6) is -1.49. The predicted molar refractivity (Wildman–Crippen MR) is 71.0 cm³/mol. The maximum Gasteiger partial charge on any atom is 0.317 e. The van der Waals surface area contributed by atoms with Crippen LogP contribution in [-0.4, -0.2) is 53.1 Å². The largest absolute Gasteiger partial charge is 0.481 e. The molecule has 7 nitrogen and oxygen atoms in total. The highest BCUT2D eigenvalue weighted by molar-refractivity contribution is 5.77. The zero-order valence-electron chi connectivity index (χ0n) is 11.3. The van der Waals surface area contributed by atoms with Gasteiger partial charge in [0.1, 0.15) is 0 Å². The topological polar surface area (TPSA) is 98.7 Å². The van der Waals surface area contributed by atoms with Crippen LogP contribution in [0.15, 0.2) is 12.2 Å². The first-order valence-corrected chi connectivity index (χ1v) is 6.69. The van der Waals surface area contributed by atoms with E-state index in [9.17, 15) is 14.4 Å². The number of carboxylic acid groups (broad SMARTS) is 1. The Kier molecular flexibility index (Phi) is 4.26. The number of nitrogens with zero attached hydrogens (tertiary/aromatic N) is 1. The second kappa shape index (κ2) is 5.94. The normalized spacial score (nSPS) is 28.4. The average molecular weight is 281 g/mol. The second-order valence-electron chi connectivity index (χ2n) is 5.25. The molecule has 0 aromatic rings. The molecule has 0 aromatic heterocycles. The zero-order chi connectivity index (χ0) is 14.7. The fraction of sp³-hybridized carbons (Fsp3) is 0.615. The third-order valence-electron chi connectivity index (χ3n) is 3.59. The third kappa shape index (κ3) is 3.49. The summed E-state index contributed by atoms with van der Waals surface area (Å²) in [6.07, 6.45) is 4.46. The summed E-state index contributed by atoms with van der Waals surface area (Å²) in [4.78, 5) is 35.5. The van der Waals surface area contributed by atoms with Crippen molar-refractivity contribution in [1.82, 2.24) is 15.5 Å². The van der Waals surface area contributed by atoms with Crippen LogP contribution in [-0.2, 0) is 9.59 Å². The van der Waals surface area contributed by atoms with Gasteiger partial charge in [0.2, 0.25) is 5.91 Å². The van der Waals surface area contributed by atoms with E-state index in [0.717, 1.165) is 6.42 Å². The van der Waals surface area contributed by atoms with Crippen molar-refractivity contribution >= 4 is 17.9 Å². The van der Waals surface area contributed by atoms with Crippen LogP contribution in [0, 0.1) is 5.92 Å². The lowest BCUT2D eigenvalue weighted by molar-refractivity contribution is -0.140. The van der Waals surface area contributed by atoms with Gasteiger partial charge in [-0.15, -0.1) is 0 Å². The van der Waals surface area contributed by atoms with Crippen molar-refractivity contribution in [3.8, 4) is 0 Å². The summed E-state index contributed by atoms with van der Waals surface area (Å²) in [6, 6.07) is -0.439. The van der Waals surface area contributed by atoms with Crippen LogP contribution in [0.5, 0.6) is 0 Å². The molecule has 0 aromatic carbocycles. The van der Waals surface area contributed by atoms with Crippen LogP contribution < -0.4 is 10.6 Å². The van der Waals surface area contributed by atoms with E-state index in [2.05, 4.69) is 10.6 Å². The van der Waals surface area contributed by atoms with Gasteiger partial charge >= 0.3 is 12.0 Å². The Bertz CT molecular complexity index is 449. The Labute approximate surface area is 117 Å². The monoisotopic (exact) mass is 281 g/mol. The number of likely N-dealkylation sites (tertiary alicyclic amines) is 1. The molecule has 20 heavy (non-hydrogen) atoms. The van der Waals surface area contributed by atoms with E-state index in [0.29, 0.717) is 19.5 Å². The van der Waals surface area contributed by atoms with Gasteiger partial charge in [-0.2, -0.15) is 0 Å². The molecular formula is C13H19N3O4. The van der Waals surface area contributed by atoms with Gasteiger partial charge in [-0.3, -0.25) is 9.59 Å². The lowest BCUT2D eigenvalue weighted by atomic mass is 10.1. The predicted octanol–water partition coefficient (Wildman–Crippen LogP) is -0.0643. The summed E-state index contributed by atoms with van der Waals surface area (Å²) < 4.78 is 0. The fourth-order valence-electron chi connectivity index (χ4n) is 2.59. The number of rotatable bonds is 3. The van der Waals surface area contributed by atoms with E-state index < -0.39 is 11.9 Å². The molecule has 3 atom stereocenters. The molecule has 1 aliphatic carbocycles. The highest BCUT2D eigenvalue weighted by Gasteiger charge is 2.30. The molecule has 3 unspecified atom stereocenters. The Balaban J connectivity index is 1.78. The number of urea groups is 1. The molecule has 2 rings (SSSR count). The zero-order valence-corrected chi connectivity index (χ0v) is 11.3. The smallest absolute Gasteiger partial charge is 0.317 e. The highest BCUT2D eigenvalue weighted by atomic mass is 16.4. The number of hydrogen-bond acceptors (Lipinski definition) is 3. The number of aliphatic carboxylic acids is 1. The first-order valence-electron chi connectivity index (χ1n) is 6.69. The SMILES string of the molecule is CC(=O)NC1CCN(C(=O)NC2C=CC(C(=O)O)C2)C1. The molecule has 0 saturated carbocycles. The molecule has 0 spiro atoms. The minimum absolute atomic E-state index is 0.00383. The first-order chi connectivity index (χ1) is 9.45. The standard InChI is InChI=1S/C13H19N3O4/c1-8(17)14-11-4-5-16(7-11)13(20)15-10-3-2-9(6-10)12(18)19/h2-3,9-11H,4-7H2,1H3,(H,14,17)(H,15,20)(H,18,19). The van der Waals surface area contributed by atoms with Gasteiger partial charge in [0.25, 0.3) is 0 Å². The van der Waals surface area contributed by atoms with Gasteiger partial charge in [-0.1, -0.05) is 12.2 Å². The molecule has 1 heterocycles. The Morgan fingerprint density at radius 3 is 2.60 bits per heavy atom. The van der Waals surface area contributed by atoms with E-state index in [-0.39, 0.29) is 24.0 Å². The number of carbonyl (C=O) groups is 3. The molecule has 2 aliphatic rings. The van der Waals surface area contributed by atoms with Crippen molar-refractivity contribution < 1.29 is 19.5 Å². The molecule has 7 heteroatoms. The lowest BCUT2D eigenvalue weighted by Gasteiger charge is -2.20. The van der Waals surface area contributed by atoms with Crippen LogP contribution >= 0.6 is 0 Å². The van der Waals surface area contributed by atoms with Crippen LogP contribution in [0.4, 0.5) is 4.79 Å². The number of carboxylic acids is 1. The molecular weight excluding hydrogens is 262 g/mol. The van der Waals surface area contributed by atoms with Crippen molar-refractivity contribution in [2.75, 3.05) is 13.1 Å². The van der Waals surface area contributed by atoms with Crippen LogP contribution in [0.2, 0.25) is 0 Å². The van der Waals surface area contributed by atoms with Crippen molar-refractivity contribution in [3.63, 3.8) is 0 Å². The fourth-order valence-corrected chi connectivity index (χ4v) is 2.59. The van der Waals surface area contributed by atoms with Gasteiger partial charge in [-0.25, -0.2) is 4.79 Å². The summed E-state index contributed by atoms with van der Waals surface area (Å²) in [5, 5.41) is 14.5. The number of amides is 3. The van der Waals surface area contributed by atoms with Gasteiger partial charge < -0.3 is 20.6 Å². The molecule has 1 aliphatic heterocycles. The van der Waals surface area contributed by atoms with E-state index >= 15 is 0 Å². The summed E-state index contributed by atoms with van der Waals surface area (Å²) in [6.45, 7) is 2.54. The first kappa shape index (κ1) is 14.4. The lowest BCUT2D eigenvalue weighted by Crippen LogP contribution is -2.44. The number of hydrogen-bond donors (Lipinski definition) is 3. The molecule has 0 radical (unpaired) electrons. The number of carbonyl (C=O) groups excluding carboxylic acids is 2. The quantitative estimate of drug-likeness (QED) is 0.631. The Hall–Kier alpha value is -2.05. The summed E-state index contributed by atoms with van der Waals surface area (Å²) in [5.41, 5.74) is 0. The van der Waals surface area contributed by atoms with Crippen molar-refractivity contribution in [1.29, 1.82) is 0 Å².